The van der Waals surface area contributed by atoms with Crippen molar-refractivity contribution in [2.75, 3.05) is 24.6 Å². The number of rotatable bonds is 0. The monoisotopic (exact) mass is 145 g/mol. The lowest BCUT2D eigenvalue weighted by molar-refractivity contribution is 0.601. The smallest absolute Gasteiger partial charge is 0.334 e. The molecule has 0 saturated carbocycles. The number of hydrogen-bond donors (Lipinski definition) is 2. The van der Waals surface area contributed by atoms with Gasteiger partial charge in [0.2, 0.25) is 0 Å². The normalized spacial score (nSPS) is 21.8. The van der Waals surface area contributed by atoms with Gasteiger partial charge < -0.3 is 5.73 Å². The second-order valence-corrected chi connectivity index (χ2v) is 3.21. The Balaban J connectivity index is 2.31. The quantitative estimate of drug-likeness (QED) is 0.281. The largest absolute Gasteiger partial charge is 0.341 e. The van der Waals surface area contributed by atoms with Crippen LogP contribution in [0.4, 0.5) is 0 Å². The zero-order valence-electron chi connectivity index (χ0n) is 5.26. The number of thioether (sulfide) groups is 1. The Labute approximate surface area is 59.1 Å². The maximum Gasteiger partial charge on any atom is 0.341 e. The van der Waals surface area contributed by atoms with Crippen LogP contribution in [-0.4, -0.2) is 30.6 Å². The standard InChI is InChI=1S/C5H11N3S/c6-5(7)8-1-3-9-4-2-8/h1-4H2,(H3,6,7)/q+1. The van der Waals surface area contributed by atoms with E-state index in [0.717, 1.165) is 24.6 Å². The van der Waals surface area contributed by atoms with Crippen LogP contribution >= 0.6 is 11.8 Å². The highest BCUT2D eigenvalue weighted by molar-refractivity contribution is 7.99. The number of nitrogens with one attached hydrogen (secondary N) is 1. The summed E-state index contributed by atoms with van der Waals surface area (Å²) in [7, 11) is 0. The van der Waals surface area contributed by atoms with Gasteiger partial charge in [-0.15, -0.1) is 16.7 Å². The Hall–Kier alpha value is -0.220. The summed E-state index contributed by atoms with van der Waals surface area (Å²) in [5.41, 5.74) is 5.27. The lowest BCUT2D eigenvalue weighted by atomic mass is 10.5. The molecule has 1 fully saturated rings. The fourth-order valence-electron chi connectivity index (χ4n) is 0.804. The van der Waals surface area contributed by atoms with Crippen LogP contribution in [0.15, 0.2) is 0 Å². The molecular formula is C5H11N3S+. The summed E-state index contributed by atoms with van der Waals surface area (Å²) >= 11 is 1.92. The van der Waals surface area contributed by atoms with E-state index in [1.54, 1.807) is 0 Å². The molecule has 1 heterocycles. The van der Waals surface area contributed by atoms with E-state index in [2.05, 4.69) is 0 Å². The van der Waals surface area contributed by atoms with Gasteiger partial charge in [-0.3, -0.25) is 0 Å². The van der Waals surface area contributed by atoms with Crippen molar-refractivity contribution in [1.29, 1.82) is 5.41 Å². The van der Waals surface area contributed by atoms with Crippen molar-refractivity contribution in [2.24, 2.45) is 5.73 Å². The van der Waals surface area contributed by atoms with Crippen LogP contribution in [-0.2, 0) is 0 Å². The predicted molar refractivity (Wildman–Crippen MR) is 41.1 cm³/mol. The van der Waals surface area contributed by atoms with Crippen molar-refractivity contribution < 1.29 is 0 Å². The molecule has 51 valence electrons. The minimum atomic E-state index is 0.218. The lowest BCUT2D eigenvalue weighted by Gasteiger charge is -2.13. The SMILES string of the molecule is N=C(N)[N+]1CCSCC1. The van der Waals surface area contributed by atoms with Crippen LogP contribution in [0.3, 0.4) is 0 Å². The second kappa shape index (κ2) is 3.08. The molecular weight excluding hydrogens is 134 g/mol. The number of hydrogen-bond acceptors (Lipinski definition) is 2. The first-order valence-corrected chi connectivity index (χ1v) is 4.13. The van der Waals surface area contributed by atoms with Crippen molar-refractivity contribution in [1.82, 2.24) is 4.90 Å². The van der Waals surface area contributed by atoms with Gasteiger partial charge >= 0.3 is 5.96 Å². The van der Waals surface area contributed by atoms with Gasteiger partial charge in [-0.05, 0) is 0 Å². The van der Waals surface area contributed by atoms with Crippen LogP contribution in [0.5, 0.6) is 0 Å². The topological polar surface area (TPSA) is 55.8 Å². The van der Waals surface area contributed by atoms with E-state index in [1.807, 2.05) is 16.7 Å². The molecule has 0 bridgehead atoms. The van der Waals surface area contributed by atoms with E-state index < -0.39 is 0 Å². The molecule has 1 rings (SSSR count). The molecule has 1 aliphatic rings. The van der Waals surface area contributed by atoms with Crippen LogP contribution in [0, 0.1) is 5.41 Å². The Kier molecular flexibility index (Phi) is 2.36. The molecule has 0 spiro atoms. The molecule has 0 aromatic rings. The second-order valence-electron chi connectivity index (χ2n) is 1.98. The van der Waals surface area contributed by atoms with Gasteiger partial charge in [0, 0.05) is 11.5 Å². The molecule has 0 aliphatic carbocycles. The predicted octanol–water partition coefficient (Wildman–Crippen LogP) is -0.233. The molecule has 1 saturated heterocycles. The first kappa shape index (κ1) is 6.89. The number of guanidine groups is 1. The van der Waals surface area contributed by atoms with Crippen molar-refractivity contribution in [2.45, 2.75) is 0 Å². The third-order valence-electron chi connectivity index (χ3n) is 1.35. The minimum Gasteiger partial charge on any atom is -0.334 e. The van der Waals surface area contributed by atoms with Gasteiger partial charge in [-0.2, -0.15) is 0 Å². The van der Waals surface area contributed by atoms with Crippen LogP contribution in [0.1, 0.15) is 0 Å². The average molecular weight is 145 g/mol. The van der Waals surface area contributed by atoms with Crippen LogP contribution < -0.4 is 10.6 Å². The summed E-state index contributed by atoms with van der Waals surface area (Å²) in [6.45, 7) is 1.89. The van der Waals surface area contributed by atoms with Crippen molar-refractivity contribution in [3.8, 4) is 0 Å². The molecule has 4 heteroatoms. The van der Waals surface area contributed by atoms with Gasteiger partial charge in [-0.1, -0.05) is 0 Å². The number of nitrogens with two attached hydrogens (primary N) is 1. The highest BCUT2D eigenvalue weighted by atomic mass is 32.2. The average Bonchev–Trinajstić information content (AvgIpc) is 1.90. The minimum absolute atomic E-state index is 0.218. The molecule has 3 nitrogen and oxygen atoms in total. The molecule has 0 aromatic heterocycles. The fourth-order valence-corrected chi connectivity index (χ4v) is 1.71. The summed E-state index contributed by atoms with van der Waals surface area (Å²) < 4.78 is 0. The van der Waals surface area contributed by atoms with Crippen LogP contribution in [0.25, 0.3) is 0 Å². The number of nitrogens with zero attached hydrogens (tertiary/aromatic N) is 1. The molecule has 1 aliphatic heterocycles. The summed E-state index contributed by atoms with van der Waals surface area (Å²) in [6.07, 6.45) is 0. The third kappa shape index (κ3) is 1.87. The van der Waals surface area contributed by atoms with E-state index in [0.29, 0.717) is 0 Å². The Bertz CT molecular complexity index is 109. The zero-order valence-corrected chi connectivity index (χ0v) is 6.08. The van der Waals surface area contributed by atoms with Crippen molar-refractivity contribution in [3.05, 3.63) is 0 Å². The van der Waals surface area contributed by atoms with Crippen molar-refractivity contribution >= 4 is 17.7 Å². The molecule has 0 aromatic carbocycles. The van der Waals surface area contributed by atoms with Gasteiger partial charge in [-0.25, -0.2) is 5.41 Å². The van der Waals surface area contributed by atoms with Crippen LogP contribution in [0.2, 0.25) is 0 Å². The van der Waals surface area contributed by atoms with E-state index in [9.17, 15) is 0 Å². The van der Waals surface area contributed by atoms with Crippen molar-refractivity contribution in [3.63, 3.8) is 0 Å². The third-order valence-corrected chi connectivity index (χ3v) is 2.29. The lowest BCUT2D eigenvalue weighted by Crippen LogP contribution is -2.46. The van der Waals surface area contributed by atoms with Gasteiger partial charge in [0.05, 0.1) is 0 Å². The van der Waals surface area contributed by atoms with E-state index in [4.69, 9.17) is 11.1 Å². The first-order valence-electron chi connectivity index (χ1n) is 2.97. The molecule has 9 heavy (non-hydrogen) atoms. The van der Waals surface area contributed by atoms with E-state index in [-0.39, 0.29) is 5.96 Å². The van der Waals surface area contributed by atoms with E-state index >= 15 is 0 Å². The zero-order chi connectivity index (χ0) is 6.69. The molecule has 0 atom stereocenters. The van der Waals surface area contributed by atoms with Gasteiger partial charge in [0.15, 0.2) is 0 Å². The Morgan fingerprint density at radius 3 is 2.33 bits per heavy atom. The Morgan fingerprint density at radius 2 is 2.00 bits per heavy atom. The Morgan fingerprint density at radius 1 is 1.44 bits per heavy atom. The summed E-state index contributed by atoms with van der Waals surface area (Å²) in [4.78, 5) is 1.90. The summed E-state index contributed by atoms with van der Waals surface area (Å²) in [5.74, 6) is 2.44. The maximum absolute atomic E-state index is 7.08. The highest BCUT2D eigenvalue weighted by Gasteiger charge is 2.22. The fraction of sp³-hybridized carbons (Fsp3) is 0.800. The van der Waals surface area contributed by atoms with Gasteiger partial charge in [0.25, 0.3) is 0 Å². The highest BCUT2D eigenvalue weighted by Crippen LogP contribution is 2.05. The van der Waals surface area contributed by atoms with Gasteiger partial charge in [0.1, 0.15) is 13.1 Å². The molecule has 0 amide bonds. The summed E-state index contributed by atoms with van der Waals surface area (Å²) in [6, 6.07) is 0. The van der Waals surface area contributed by atoms with E-state index in [1.165, 1.54) is 0 Å². The molecule has 1 radical (unpaired) electrons. The molecule has 0 unspecified atom stereocenters. The summed E-state index contributed by atoms with van der Waals surface area (Å²) in [5, 5.41) is 7.08. The first-order chi connectivity index (χ1) is 4.30. The maximum atomic E-state index is 7.08. The molecule has 3 N–H and O–H groups in total.